The first-order chi connectivity index (χ1) is 13.9. The Morgan fingerprint density at radius 2 is 1.57 bits per heavy atom. The maximum absolute atomic E-state index is 13.3. The zero-order chi connectivity index (χ0) is 22.4. The summed E-state index contributed by atoms with van der Waals surface area (Å²) in [7, 11) is 0. The van der Waals surface area contributed by atoms with Crippen LogP contribution in [0.25, 0.3) is 22.1 Å². The third-order valence-electron chi connectivity index (χ3n) is 5.69. The summed E-state index contributed by atoms with van der Waals surface area (Å²) >= 11 is 0. The van der Waals surface area contributed by atoms with Gasteiger partial charge in [0, 0.05) is 28.0 Å². The van der Waals surface area contributed by atoms with Gasteiger partial charge in [-0.05, 0) is 17.7 Å². The molecule has 156 valence electrons. The highest BCUT2D eigenvalue weighted by molar-refractivity contribution is 5.90. The van der Waals surface area contributed by atoms with E-state index in [0.29, 0.717) is 11.1 Å². The number of benzene rings is 2. The quantitative estimate of drug-likeness (QED) is 0.487. The fourth-order valence-electron chi connectivity index (χ4n) is 3.52. The molecule has 3 N–H and O–H groups in total. The van der Waals surface area contributed by atoms with E-state index >= 15 is 0 Å². The number of phenols is 3. The van der Waals surface area contributed by atoms with Crippen LogP contribution in [0.3, 0.4) is 0 Å². The number of allylic oxidation sites excluding steroid dienone is 2. The summed E-state index contributed by atoms with van der Waals surface area (Å²) in [5.74, 6) is -0.423. The molecule has 0 aliphatic carbocycles. The summed E-state index contributed by atoms with van der Waals surface area (Å²) in [5.41, 5.74) is -0.0870. The standard InChI is InChI=1S/C25H26O5/c1-7-24(3,4)16-11-14(9-10-17(16)26)15-13-30-19-12-18(27)21(25(5,6)8-2)23(29)20(19)22(15)28/h7-13,26-27,29H,1-2H2,3-6H3. The molecular formula is C25H26O5. The fraction of sp³-hybridized carbons (Fsp3) is 0.240. The number of fused-ring (bicyclic) bond motifs is 1. The molecule has 0 atom stereocenters. The lowest BCUT2D eigenvalue weighted by Gasteiger charge is -2.23. The molecule has 0 amide bonds. The molecule has 0 aliphatic rings. The molecule has 30 heavy (non-hydrogen) atoms. The molecule has 0 radical (unpaired) electrons. The predicted octanol–water partition coefficient (Wildman–Crippen LogP) is 5.50. The Kier molecular flexibility index (Phi) is 5.02. The molecule has 5 nitrogen and oxygen atoms in total. The van der Waals surface area contributed by atoms with E-state index in [4.69, 9.17) is 4.42 Å². The molecule has 0 saturated carbocycles. The first kappa shape index (κ1) is 21.2. The van der Waals surface area contributed by atoms with E-state index in [1.165, 1.54) is 18.4 Å². The topological polar surface area (TPSA) is 90.9 Å². The molecule has 3 rings (SSSR count). The van der Waals surface area contributed by atoms with Crippen LogP contribution in [0.4, 0.5) is 0 Å². The van der Waals surface area contributed by atoms with Gasteiger partial charge in [-0.1, -0.05) is 45.9 Å². The van der Waals surface area contributed by atoms with E-state index in [1.807, 2.05) is 13.8 Å². The Bertz CT molecular complexity index is 1230. The van der Waals surface area contributed by atoms with Gasteiger partial charge in [0.1, 0.15) is 34.5 Å². The fourth-order valence-corrected chi connectivity index (χ4v) is 3.52. The lowest BCUT2D eigenvalue weighted by molar-refractivity contribution is 0.422. The summed E-state index contributed by atoms with van der Waals surface area (Å²) in [6.45, 7) is 14.9. The molecule has 1 heterocycles. The number of aromatic hydroxyl groups is 3. The SMILES string of the molecule is C=CC(C)(C)c1cc(-c2coc3cc(O)c(C(C)(C)C=C)c(O)c3c2=O)ccc1O. The van der Waals surface area contributed by atoms with Crippen molar-refractivity contribution in [3.8, 4) is 28.4 Å². The molecule has 0 spiro atoms. The molecule has 5 heteroatoms. The highest BCUT2D eigenvalue weighted by atomic mass is 16.3. The van der Waals surface area contributed by atoms with Crippen LogP contribution in [0, 0.1) is 0 Å². The van der Waals surface area contributed by atoms with Crippen molar-refractivity contribution in [1.82, 2.24) is 0 Å². The summed E-state index contributed by atoms with van der Waals surface area (Å²) in [5, 5.41) is 31.6. The van der Waals surface area contributed by atoms with Gasteiger partial charge in [-0.3, -0.25) is 4.79 Å². The molecule has 3 aromatic rings. The third kappa shape index (κ3) is 3.26. The van der Waals surface area contributed by atoms with Crippen molar-refractivity contribution in [1.29, 1.82) is 0 Å². The number of phenolic OH excluding ortho intramolecular Hbond substituents is 3. The van der Waals surface area contributed by atoms with Gasteiger partial charge < -0.3 is 19.7 Å². The van der Waals surface area contributed by atoms with E-state index in [-0.39, 0.29) is 39.3 Å². The van der Waals surface area contributed by atoms with E-state index in [1.54, 1.807) is 38.1 Å². The predicted molar refractivity (Wildman–Crippen MR) is 119 cm³/mol. The van der Waals surface area contributed by atoms with Crippen LogP contribution in [0.15, 0.2) is 65.1 Å². The number of hydrogen-bond acceptors (Lipinski definition) is 5. The van der Waals surface area contributed by atoms with Gasteiger partial charge >= 0.3 is 0 Å². The Hall–Kier alpha value is -3.47. The van der Waals surface area contributed by atoms with Crippen LogP contribution in [0.2, 0.25) is 0 Å². The van der Waals surface area contributed by atoms with Crippen molar-refractivity contribution in [2.45, 2.75) is 38.5 Å². The second-order valence-electron chi connectivity index (χ2n) is 8.55. The number of rotatable bonds is 5. The van der Waals surface area contributed by atoms with Crippen molar-refractivity contribution in [3.63, 3.8) is 0 Å². The van der Waals surface area contributed by atoms with Gasteiger partial charge in [-0.15, -0.1) is 13.2 Å². The minimum atomic E-state index is -0.773. The maximum Gasteiger partial charge on any atom is 0.204 e. The Morgan fingerprint density at radius 1 is 0.933 bits per heavy atom. The van der Waals surface area contributed by atoms with Gasteiger partial charge in [0.05, 0.1) is 5.56 Å². The van der Waals surface area contributed by atoms with Crippen LogP contribution >= 0.6 is 0 Å². The summed E-state index contributed by atoms with van der Waals surface area (Å²) < 4.78 is 5.59. The third-order valence-corrected chi connectivity index (χ3v) is 5.69. The molecule has 0 saturated heterocycles. The smallest absolute Gasteiger partial charge is 0.204 e. The van der Waals surface area contributed by atoms with Crippen molar-refractivity contribution in [3.05, 3.63) is 77.2 Å². The van der Waals surface area contributed by atoms with E-state index in [2.05, 4.69) is 13.2 Å². The highest BCUT2D eigenvalue weighted by Gasteiger charge is 2.28. The molecule has 0 bridgehead atoms. The first-order valence-corrected chi connectivity index (χ1v) is 9.56. The van der Waals surface area contributed by atoms with E-state index in [9.17, 15) is 20.1 Å². The van der Waals surface area contributed by atoms with E-state index in [0.717, 1.165) is 0 Å². The summed E-state index contributed by atoms with van der Waals surface area (Å²) in [4.78, 5) is 13.3. The zero-order valence-electron chi connectivity index (χ0n) is 17.6. The Balaban J connectivity index is 2.34. The molecule has 0 fully saturated rings. The van der Waals surface area contributed by atoms with Crippen LogP contribution in [-0.2, 0) is 10.8 Å². The van der Waals surface area contributed by atoms with Gasteiger partial charge in [0.15, 0.2) is 0 Å². The van der Waals surface area contributed by atoms with Crippen molar-refractivity contribution < 1.29 is 19.7 Å². The largest absolute Gasteiger partial charge is 0.508 e. The minimum absolute atomic E-state index is 0.0205. The zero-order valence-corrected chi connectivity index (χ0v) is 17.6. The Labute approximate surface area is 175 Å². The molecule has 1 aromatic heterocycles. The van der Waals surface area contributed by atoms with Crippen LogP contribution in [-0.4, -0.2) is 15.3 Å². The summed E-state index contributed by atoms with van der Waals surface area (Å²) in [6.07, 6.45) is 4.59. The monoisotopic (exact) mass is 406 g/mol. The summed E-state index contributed by atoms with van der Waals surface area (Å²) in [6, 6.07) is 6.16. The molecule has 0 unspecified atom stereocenters. The van der Waals surface area contributed by atoms with E-state index < -0.39 is 16.3 Å². The van der Waals surface area contributed by atoms with Gasteiger partial charge in [-0.2, -0.15) is 0 Å². The first-order valence-electron chi connectivity index (χ1n) is 9.56. The second-order valence-corrected chi connectivity index (χ2v) is 8.55. The van der Waals surface area contributed by atoms with Crippen molar-refractivity contribution in [2.75, 3.05) is 0 Å². The van der Waals surface area contributed by atoms with Crippen molar-refractivity contribution in [2.24, 2.45) is 0 Å². The van der Waals surface area contributed by atoms with Gasteiger partial charge in [-0.25, -0.2) is 0 Å². The van der Waals surface area contributed by atoms with Crippen LogP contribution in [0.1, 0.15) is 38.8 Å². The minimum Gasteiger partial charge on any atom is -0.508 e. The molecular weight excluding hydrogens is 380 g/mol. The van der Waals surface area contributed by atoms with Gasteiger partial charge in [0.25, 0.3) is 0 Å². The lowest BCUT2D eigenvalue weighted by Crippen LogP contribution is -2.16. The molecule has 0 aliphatic heterocycles. The Morgan fingerprint density at radius 3 is 2.17 bits per heavy atom. The van der Waals surface area contributed by atoms with Crippen molar-refractivity contribution >= 4 is 11.0 Å². The van der Waals surface area contributed by atoms with Gasteiger partial charge in [0.2, 0.25) is 5.43 Å². The average Bonchev–Trinajstić information content (AvgIpc) is 2.68. The lowest BCUT2D eigenvalue weighted by atomic mass is 9.82. The number of hydrogen-bond donors (Lipinski definition) is 3. The van der Waals surface area contributed by atoms with Crippen LogP contribution < -0.4 is 5.43 Å². The normalized spacial score (nSPS) is 12.1. The van der Waals surface area contributed by atoms with Crippen LogP contribution in [0.5, 0.6) is 17.2 Å². The molecule has 2 aromatic carbocycles. The maximum atomic E-state index is 13.3. The highest BCUT2D eigenvalue weighted by Crippen LogP contribution is 2.43. The average molecular weight is 406 g/mol. The second kappa shape index (κ2) is 7.10.